The van der Waals surface area contributed by atoms with Crippen molar-refractivity contribution >= 4 is 0 Å². The van der Waals surface area contributed by atoms with E-state index in [9.17, 15) is 0 Å². The third kappa shape index (κ3) is 5.59. The van der Waals surface area contributed by atoms with E-state index in [1.54, 1.807) is 0 Å². The molecule has 0 aromatic carbocycles. The molecular weight excluding hydrogens is 148 g/mol. The maximum atomic E-state index is 8.84. The largest absolute Gasteiger partial charge is 0.396 e. The first kappa shape index (κ1) is 12.0. The molecule has 0 aliphatic heterocycles. The molecule has 0 saturated heterocycles. The van der Waals surface area contributed by atoms with Crippen molar-refractivity contribution < 1.29 is 5.11 Å². The number of hydrogen-bond donors (Lipinski definition) is 1. The minimum atomic E-state index is 0.356. The topological polar surface area (TPSA) is 20.2 Å². The SMILES string of the molecule is CCCCCC(CCO)C(C)C. The molecule has 1 unspecified atom stereocenters. The van der Waals surface area contributed by atoms with Crippen molar-refractivity contribution in [2.24, 2.45) is 11.8 Å². The average Bonchev–Trinajstić information content (AvgIpc) is 2.03. The van der Waals surface area contributed by atoms with Gasteiger partial charge in [0.05, 0.1) is 0 Å². The van der Waals surface area contributed by atoms with Crippen LogP contribution in [0.1, 0.15) is 52.9 Å². The van der Waals surface area contributed by atoms with Gasteiger partial charge in [-0.2, -0.15) is 0 Å². The van der Waals surface area contributed by atoms with Crippen LogP contribution in [-0.4, -0.2) is 11.7 Å². The summed E-state index contributed by atoms with van der Waals surface area (Å²) in [5, 5.41) is 8.84. The minimum Gasteiger partial charge on any atom is -0.396 e. The van der Waals surface area contributed by atoms with Gasteiger partial charge < -0.3 is 5.11 Å². The summed E-state index contributed by atoms with van der Waals surface area (Å²) in [5.41, 5.74) is 0. The van der Waals surface area contributed by atoms with E-state index in [1.807, 2.05) is 0 Å². The molecule has 0 amide bonds. The number of unbranched alkanes of at least 4 members (excludes halogenated alkanes) is 2. The van der Waals surface area contributed by atoms with E-state index < -0.39 is 0 Å². The lowest BCUT2D eigenvalue weighted by molar-refractivity contribution is 0.221. The molecule has 0 saturated carbocycles. The van der Waals surface area contributed by atoms with Gasteiger partial charge in [0, 0.05) is 6.61 Å². The highest BCUT2D eigenvalue weighted by Gasteiger charge is 2.11. The van der Waals surface area contributed by atoms with Crippen LogP contribution in [-0.2, 0) is 0 Å². The van der Waals surface area contributed by atoms with Crippen LogP contribution >= 0.6 is 0 Å². The molecule has 0 heterocycles. The van der Waals surface area contributed by atoms with Crippen LogP contribution in [0.5, 0.6) is 0 Å². The molecule has 0 spiro atoms. The van der Waals surface area contributed by atoms with Crippen molar-refractivity contribution in [2.75, 3.05) is 6.61 Å². The van der Waals surface area contributed by atoms with Gasteiger partial charge in [-0.25, -0.2) is 0 Å². The lowest BCUT2D eigenvalue weighted by Gasteiger charge is -2.19. The molecule has 0 aliphatic carbocycles. The van der Waals surface area contributed by atoms with E-state index in [0.29, 0.717) is 6.61 Å². The van der Waals surface area contributed by atoms with Crippen LogP contribution in [0, 0.1) is 11.8 Å². The van der Waals surface area contributed by atoms with E-state index in [0.717, 1.165) is 18.3 Å². The molecular formula is C11H24O. The van der Waals surface area contributed by atoms with E-state index in [1.165, 1.54) is 25.7 Å². The van der Waals surface area contributed by atoms with Crippen molar-refractivity contribution in [3.05, 3.63) is 0 Å². The van der Waals surface area contributed by atoms with Crippen molar-refractivity contribution in [2.45, 2.75) is 52.9 Å². The molecule has 0 bridgehead atoms. The first-order valence-electron chi connectivity index (χ1n) is 5.33. The number of aliphatic hydroxyl groups is 1. The molecule has 0 aromatic heterocycles. The fraction of sp³-hybridized carbons (Fsp3) is 1.00. The summed E-state index contributed by atoms with van der Waals surface area (Å²) in [6, 6.07) is 0. The van der Waals surface area contributed by atoms with Gasteiger partial charge >= 0.3 is 0 Å². The van der Waals surface area contributed by atoms with Crippen molar-refractivity contribution in [3.63, 3.8) is 0 Å². The summed E-state index contributed by atoms with van der Waals surface area (Å²) in [5.74, 6) is 1.47. The number of hydrogen-bond acceptors (Lipinski definition) is 1. The zero-order valence-electron chi connectivity index (χ0n) is 8.84. The van der Waals surface area contributed by atoms with Crippen LogP contribution in [0.2, 0.25) is 0 Å². The Balaban J connectivity index is 3.49. The molecule has 0 fully saturated rings. The molecule has 1 atom stereocenters. The normalized spacial score (nSPS) is 13.8. The van der Waals surface area contributed by atoms with Crippen LogP contribution in [0.25, 0.3) is 0 Å². The maximum absolute atomic E-state index is 8.84. The van der Waals surface area contributed by atoms with Gasteiger partial charge in [-0.15, -0.1) is 0 Å². The van der Waals surface area contributed by atoms with Crippen LogP contribution in [0.4, 0.5) is 0 Å². The van der Waals surface area contributed by atoms with Gasteiger partial charge in [0.25, 0.3) is 0 Å². The smallest absolute Gasteiger partial charge is 0.0433 e. The molecule has 0 rings (SSSR count). The van der Waals surface area contributed by atoms with Gasteiger partial charge in [0.1, 0.15) is 0 Å². The van der Waals surface area contributed by atoms with Crippen molar-refractivity contribution in [1.29, 1.82) is 0 Å². The van der Waals surface area contributed by atoms with Gasteiger partial charge in [0.15, 0.2) is 0 Å². The maximum Gasteiger partial charge on any atom is 0.0433 e. The first-order valence-corrected chi connectivity index (χ1v) is 5.33. The third-order valence-electron chi connectivity index (χ3n) is 2.62. The monoisotopic (exact) mass is 172 g/mol. The lowest BCUT2D eigenvalue weighted by atomic mass is 9.88. The highest BCUT2D eigenvalue weighted by molar-refractivity contribution is 4.62. The van der Waals surface area contributed by atoms with Crippen LogP contribution in [0.15, 0.2) is 0 Å². The Hall–Kier alpha value is -0.0400. The summed E-state index contributed by atoms with van der Waals surface area (Å²) in [4.78, 5) is 0. The molecule has 0 radical (unpaired) electrons. The Bertz CT molecular complexity index is 89.0. The van der Waals surface area contributed by atoms with Gasteiger partial charge in [0.2, 0.25) is 0 Å². The molecule has 12 heavy (non-hydrogen) atoms. The third-order valence-corrected chi connectivity index (χ3v) is 2.62. The average molecular weight is 172 g/mol. The van der Waals surface area contributed by atoms with Gasteiger partial charge in [-0.05, 0) is 18.3 Å². The second kappa shape index (κ2) is 7.60. The second-order valence-corrected chi connectivity index (χ2v) is 4.01. The van der Waals surface area contributed by atoms with Crippen LogP contribution in [0.3, 0.4) is 0 Å². The van der Waals surface area contributed by atoms with Gasteiger partial charge in [-0.3, -0.25) is 0 Å². The Kier molecular flexibility index (Phi) is 7.58. The summed E-state index contributed by atoms with van der Waals surface area (Å²) in [6.45, 7) is 7.10. The summed E-state index contributed by atoms with van der Waals surface area (Å²) in [7, 11) is 0. The fourth-order valence-electron chi connectivity index (χ4n) is 1.63. The molecule has 1 N–H and O–H groups in total. The number of aliphatic hydroxyl groups excluding tert-OH is 1. The van der Waals surface area contributed by atoms with E-state index in [-0.39, 0.29) is 0 Å². The summed E-state index contributed by atoms with van der Waals surface area (Å²) < 4.78 is 0. The number of rotatable bonds is 7. The minimum absolute atomic E-state index is 0.356. The van der Waals surface area contributed by atoms with E-state index >= 15 is 0 Å². The van der Waals surface area contributed by atoms with Crippen molar-refractivity contribution in [1.82, 2.24) is 0 Å². The highest BCUT2D eigenvalue weighted by atomic mass is 16.3. The summed E-state index contributed by atoms with van der Waals surface area (Å²) >= 11 is 0. The molecule has 1 nitrogen and oxygen atoms in total. The molecule has 0 aromatic rings. The molecule has 0 aliphatic rings. The zero-order valence-corrected chi connectivity index (χ0v) is 8.84. The van der Waals surface area contributed by atoms with E-state index in [4.69, 9.17) is 5.11 Å². The van der Waals surface area contributed by atoms with Gasteiger partial charge in [-0.1, -0.05) is 46.5 Å². The Morgan fingerprint density at radius 2 is 1.75 bits per heavy atom. The first-order chi connectivity index (χ1) is 5.72. The summed E-state index contributed by atoms with van der Waals surface area (Å²) in [6.07, 6.45) is 6.26. The van der Waals surface area contributed by atoms with Crippen LogP contribution < -0.4 is 0 Å². The Morgan fingerprint density at radius 3 is 2.17 bits per heavy atom. The fourth-order valence-corrected chi connectivity index (χ4v) is 1.63. The molecule has 74 valence electrons. The Morgan fingerprint density at radius 1 is 1.08 bits per heavy atom. The predicted molar refractivity (Wildman–Crippen MR) is 54.2 cm³/mol. The standard InChI is InChI=1S/C11H24O/c1-4-5-6-7-11(8-9-12)10(2)3/h10-12H,4-9H2,1-3H3. The highest BCUT2D eigenvalue weighted by Crippen LogP contribution is 2.21. The predicted octanol–water partition coefficient (Wildman–Crippen LogP) is 3.22. The Labute approximate surface area is 77.2 Å². The van der Waals surface area contributed by atoms with Crippen molar-refractivity contribution in [3.8, 4) is 0 Å². The lowest BCUT2D eigenvalue weighted by Crippen LogP contribution is -2.10. The van der Waals surface area contributed by atoms with E-state index in [2.05, 4.69) is 20.8 Å². The quantitative estimate of drug-likeness (QED) is 0.585. The molecule has 1 heteroatoms. The zero-order chi connectivity index (χ0) is 9.40. The second-order valence-electron chi connectivity index (χ2n) is 4.01.